The third kappa shape index (κ3) is 1.74. The fourth-order valence-electron chi connectivity index (χ4n) is 1.12. The molecule has 5 heteroatoms. The van der Waals surface area contributed by atoms with Crippen molar-refractivity contribution in [3.8, 4) is 0 Å². The lowest BCUT2D eigenvalue weighted by molar-refractivity contribution is 0.0311. The molecule has 0 radical (unpaired) electrons. The molecule has 3 N–H and O–H groups in total. The van der Waals surface area contributed by atoms with E-state index in [0.717, 1.165) is 0 Å². The van der Waals surface area contributed by atoms with Crippen molar-refractivity contribution in [1.82, 2.24) is 4.90 Å². The van der Waals surface area contributed by atoms with Gasteiger partial charge in [-0.25, -0.2) is 0 Å². The second kappa shape index (κ2) is 3.43. The van der Waals surface area contributed by atoms with E-state index in [9.17, 15) is 0 Å². The Bertz CT molecular complexity index is 160. The largest absolute Gasteiger partial charge is 0.408 e. The molecular formula is C6H13N3O2. The molecule has 1 fully saturated rings. The van der Waals surface area contributed by atoms with E-state index in [-0.39, 0.29) is 12.0 Å². The van der Waals surface area contributed by atoms with Crippen molar-refractivity contribution in [3.63, 3.8) is 0 Å². The summed E-state index contributed by atoms with van der Waals surface area (Å²) < 4.78 is 5.17. The van der Waals surface area contributed by atoms with Gasteiger partial charge in [0.15, 0.2) is 0 Å². The Hall–Kier alpha value is -0.970. The van der Waals surface area contributed by atoms with Gasteiger partial charge in [0, 0.05) is 6.54 Å². The van der Waals surface area contributed by atoms with Gasteiger partial charge < -0.3 is 20.6 Å². The van der Waals surface area contributed by atoms with Crippen molar-refractivity contribution in [2.45, 2.75) is 13.0 Å². The van der Waals surface area contributed by atoms with Crippen molar-refractivity contribution in [3.05, 3.63) is 0 Å². The summed E-state index contributed by atoms with van der Waals surface area (Å²) in [4.78, 5) is 1.81. The molecular weight excluding hydrogens is 146 g/mol. The predicted octanol–water partition coefficient (Wildman–Crippen LogP) is -0.589. The van der Waals surface area contributed by atoms with Gasteiger partial charge in [-0.1, -0.05) is 5.16 Å². The zero-order valence-corrected chi connectivity index (χ0v) is 6.53. The van der Waals surface area contributed by atoms with E-state index < -0.39 is 0 Å². The van der Waals surface area contributed by atoms with E-state index in [2.05, 4.69) is 5.16 Å². The van der Waals surface area contributed by atoms with Crippen molar-refractivity contribution < 1.29 is 9.94 Å². The Morgan fingerprint density at radius 1 is 1.82 bits per heavy atom. The maximum atomic E-state index is 8.39. The second-order valence-electron chi connectivity index (χ2n) is 2.58. The first kappa shape index (κ1) is 8.13. The summed E-state index contributed by atoms with van der Waals surface area (Å²) in [5, 5.41) is 11.3. The van der Waals surface area contributed by atoms with Gasteiger partial charge in [-0.3, -0.25) is 0 Å². The molecule has 0 bridgehead atoms. The Balaban J connectivity index is 2.54. The highest BCUT2D eigenvalue weighted by atomic mass is 16.5. The van der Waals surface area contributed by atoms with Crippen LogP contribution in [0.15, 0.2) is 5.16 Å². The molecule has 11 heavy (non-hydrogen) atoms. The molecule has 1 atom stereocenters. The zero-order chi connectivity index (χ0) is 8.27. The van der Waals surface area contributed by atoms with Gasteiger partial charge in [0.05, 0.1) is 19.3 Å². The molecule has 1 aliphatic rings. The molecule has 5 nitrogen and oxygen atoms in total. The Morgan fingerprint density at radius 2 is 2.55 bits per heavy atom. The molecule has 0 spiro atoms. The van der Waals surface area contributed by atoms with Gasteiger partial charge in [-0.2, -0.15) is 0 Å². The van der Waals surface area contributed by atoms with Gasteiger partial charge in [-0.05, 0) is 6.92 Å². The summed E-state index contributed by atoms with van der Waals surface area (Å²) >= 11 is 0. The van der Waals surface area contributed by atoms with Crippen LogP contribution in [0.4, 0.5) is 0 Å². The van der Waals surface area contributed by atoms with Gasteiger partial charge in [0.25, 0.3) is 0 Å². The number of nitrogens with two attached hydrogens (primary N) is 1. The van der Waals surface area contributed by atoms with Crippen molar-refractivity contribution >= 4 is 5.96 Å². The van der Waals surface area contributed by atoms with Crippen LogP contribution in [0.2, 0.25) is 0 Å². The number of guanidine groups is 1. The molecule has 1 rings (SSSR count). The van der Waals surface area contributed by atoms with Crippen LogP contribution in [0.25, 0.3) is 0 Å². The third-order valence-corrected chi connectivity index (χ3v) is 1.76. The Kier molecular flexibility index (Phi) is 2.53. The minimum Gasteiger partial charge on any atom is -0.408 e. The number of rotatable bonds is 0. The molecule has 1 heterocycles. The lowest BCUT2D eigenvalue weighted by atomic mass is 10.3. The molecule has 0 aromatic carbocycles. The van der Waals surface area contributed by atoms with Crippen LogP contribution in [0, 0.1) is 0 Å². The molecule has 0 aromatic rings. The average molecular weight is 159 g/mol. The first-order chi connectivity index (χ1) is 5.25. The molecule has 1 saturated heterocycles. The van der Waals surface area contributed by atoms with Crippen LogP contribution in [-0.2, 0) is 4.74 Å². The fraction of sp³-hybridized carbons (Fsp3) is 0.833. The van der Waals surface area contributed by atoms with Crippen LogP contribution in [0.1, 0.15) is 6.92 Å². The Morgan fingerprint density at radius 3 is 3.09 bits per heavy atom. The van der Waals surface area contributed by atoms with Crippen molar-refractivity contribution in [2.24, 2.45) is 10.9 Å². The van der Waals surface area contributed by atoms with Gasteiger partial charge in [-0.15, -0.1) is 0 Å². The van der Waals surface area contributed by atoms with Crippen LogP contribution in [0.3, 0.4) is 0 Å². The maximum Gasteiger partial charge on any atom is 0.233 e. The van der Waals surface area contributed by atoms with Gasteiger partial charge in [0.1, 0.15) is 0 Å². The summed E-state index contributed by atoms with van der Waals surface area (Å²) in [5.74, 6) is 0.167. The number of nitrogens with zero attached hydrogens (tertiary/aromatic N) is 2. The Labute approximate surface area is 65.4 Å². The lowest BCUT2D eigenvalue weighted by Crippen LogP contribution is -2.50. The second-order valence-corrected chi connectivity index (χ2v) is 2.58. The molecule has 1 aliphatic heterocycles. The van der Waals surface area contributed by atoms with E-state index in [4.69, 9.17) is 15.7 Å². The zero-order valence-electron chi connectivity index (χ0n) is 6.53. The molecule has 64 valence electrons. The molecule has 0 amide bonds. The third-order valence-electron chi connectivity index (χ3n) is 1.76. The fourth-order valence-corrected chi connectivity index (χ4v) is 1.12. The number of hydrogen-bond acceptors (Lipinski definition) is 3. The monoisotopic (exact) mass is 159 g/mol. The summed E-state index contributed by atoms with van der Waals surface area (Å²) in [7, 11) is 0. The minimum atomic E-state index is 0.167. The van der Waals surface area contributed by atoms with Crippen LogP contribution >= 0.6 is 0 Å². The van der Waals surface area contributed by atoms with Gasteiger partial charge >= 0.3 is 0 Å². The van der Waals surface area contributed by atoms with Crippen LogP contribution in [0.5, 0.6) is 0 Å². The molecule has 1 unspecified atom stereocenters. The first-order valence-electron chi connectivity index (χ1n) is 3.57. The standard InChI is InChI=1S/C6H13N3O2/c1-5-4-11-3-2-9(5)6(7)8-10/h5,10H,2-4H2,1H3,(H2,7,8). The molecule has 0 aliphatic carbocycles. The van der Waals surface area contributed by atoms with Crippen molar-refractivity contribution in [1.29, 1.82) is 0 Å². The summed E-state index contributed by atoms with van der Waals surface area (Å²) in [6, 6.07) is 0.194. The number of oxime groups is 1. The average Bonchev–Trinajstić information content (AvgIpc) is 2.04. The number of hydrogen-bond donors (Lipinski definition) is 2. The van der Waals surface area contributed by atoms with E-state index in [0.29, 0.717) is 19.8 Å². The smallest absolute Gasteiger partial charge is 0.233 e. The lowest BCUT2D eigenvalue weighted by Gasteiger charge is -2.33. The summed E-state index contributed by atoms with van der Waals surface area (Å²) in [6.07, 6.45) is 0. The van der Waals surface area contributed by atoms with Gasteiger partial charge in [0.2, 0.25) is 5.96 Å². The number of morpholine rings is 1. The van der Waals surface area contributed by atoms with E-state index in [1.807, 2.05) is 11.8 Å². The summed E-state index contributed by atoms with van der Waals surface area (Å²) in [6.45, 7) is 3.94. The van der Waals surface area contributed by atoms with E-state index in [1.54, 1.807) is 0 Å². The van der Waals surface area contributed by atoms with E-state index in [1.165, 1.54) is 0 Å². The molecule has 0 aromatic heterocycles. The van der Waals surface area contributed by atoms with Crippen molar-refractivity contribution in [2.75, 3.05) is 19.8 Å². The summed E-state index contributed by atoms with van der Waals surface area (Å²) in [5.41, 5.74) is 5.41. The highest BCUT2D eigenvalue weighted by Gasteiger charge is 2.20. The topological polar surface area (TPSA) is 71.1 Å². The van der Waals surface area contributed by atoms with Crippen LogP contribution < -0.4 is 5.73 Å². The SMILES string of the molecule is CC1COCCN1C(N)=NO. The van der Waals surface area contributed by atoms with Crippen LogP contribution in [-0.4, -0.2) is 41.9 Å². The highest BCUT2D eigenvalue weighted by molar-refractivity contribution is 5.77. The molecule has 0 saturated carbocycles. The first-order valence-corrected chi connectivity index (χ1v) is 3.57. The number of ether oxygens (including phenoxy) is 1. The highest BCUT2D eigenvalue weighted by Crippen LogP contribution is 2.04. The quantitative estimate of drug-likeness (QED) is 0.214. The minimum absolute atomic E-state index is 0.167. The predicted molar refractivity (Wildman–Crippen MR) is 40.4 cm³/mol. The normalized spacial score (nSPS) is 27.2. The van der Waals surface area contributed by atoms with E-state index >= 15 is 0 Å². The maximum absolute atomic E-state index is 8.39.